The fourth-order valence-electron chi connectivity index (χ4n) is 2.37. The quantitative estimate of drug-likeness (QED) is 0.754. The Morgan fingerprint density at radius 1 is 1.33 bits per heavy atom. The zero-order valence-corrected chi connectivity index (χ0v) is 12.0. The first-order chi connectivity index (χ1) is 9.73. The lowest BCUT2D eigenvalue weighted by atomic mass is 10.0. The minimum Gasteiger partial charge on any atom is -0.478 e. The standard InChI is InChI=1S/C13H16FNO5S/c14-10-7-9(12(16)17)3-4-11(10)21(19,20)15-8-13(18)5-1-2-6-13/h3-4,7,15,18H,1-2,5-6,8H2,(H,16,17). The summed E-state index contributed by atoms with van der Waals surface area (Å²) in [6.07, 6.45) is 2.63. The van der Waals surface area contributed by atoms with Gasteiger partial charge in [-0.3, -0.25) is 0 Å². The molecule has 0 unspecified atom stereocenters. The van der Waals surface area contributed by atoms with E-state index in [1.807, 2.05) is 0 Å². The fraction of sp³-hybridized carbons (Fsp3) is 0.462. The van der Waals surface area contributed by atoms with Crippen molar-refractivity contribution in [3.63, 3.8) is 0 Å². The summed E-state index contributed by atoms with van der Waals surface area (Å²) < 4.78 is 40.0. The number of sulfonamides is 1. The Bertz CT molecular complexity index is 653. The highest BCUT2D eigenvalue weighted by atomic mass is 32.2. The van der Waals surface area contributed by atoms with Gasteiger partial charge >= 0.3 is 5.97 Å². The molecule has 0 amide bonds. The average molecular weight is 317 g/mol. The summed E-state index contributed by atoms with van der Waals surface area (Å²) in [7, 11) is -4.14. The number of aromatic carboxylic acids is 1. The fourth-order valence-corrected chi connectivity index (χ4v) is 3.55. The van der Waals surface area contributed by atoms with Crippen LogP contribution >= 0.6 is 0 Å². The van der Waals surface area contributed by atoms with Gasteiger partial charge in [-0.15, -0.1) is 0 Å². The molecule has 6 nitrogen and oxygen atoms in total. The summed E-state index contributed by atoms with van der Waals surface area (Å²) in [4.78, 5) is 10.1. The summed E-state index contributed by atoms with van der Waals surface area (Å²) in [5.41, 5.74) is -1.43. The first kappa shape index (κ1) is 15.9. The molecule has 21 heavy (non-hydrogen) atoms. The van der Waals surface area contributed by atoms with Crippen molar-refractivity contribution in [2.45, 2.75) is 36.2 Å². The lowest BCUT2D eigenvalue weighted by Crippen LogP contribution is -2.40. The number of rotatable bonds is 5. The summed E-state index contributed by atoms with van der Waals surface area (Å²) in [6, 6.07) is 2.57. The number of nitrogens with one attached hydrogen (secondary N) is 1. The van der Waals surface area contributed by atoms with Crippen LogP contribution in [0.2, 0.25) is 0 Å². The van der Waals surface area contributed by atoms with E-state index < -0.39 is 32.3 Å². The van der Waals surface area contributed by atoms with Crippen LogP contribution < -0.4 is 4.72 Å². The maximum absolute atomic E-state index is 13.8. The molecule has 8 heteroatoms. The molecule has 0 radical (unpaired) electrons. The summed E-state index contributed by atoms with van der Waals surface area (Å²) >= 11 is 0. The first-order valence-electron chi connectivity index (χ1n) is 6.48. The normalized spacial score (nSPS) is 17.8. The molecule has 116 valence electrons. The zero-order valence-electron chi connectivity index (χ0n) is 11.2. The van der Waals surface area contributed by atoms with Gasteiger partial charge in [0.2, 0.25) is 10.0 Å². The Hall–Kier alpha value is -1.51. The van der Waals surface area contributed by atoms with E-state index in [4.69, 9.17) is 5.11 Å². The minimum absolute atomic E-state index is 0.185. The third-order valence-corrected chi connectivity index (χ3v) is 5.03. The molecule has 2 rings (SSSR count). The smallest absolute Gasteiger partial charge is 0.335 e. The van der Waals surface area contributed by atoms with Crippen LogP contribution in [0.1, 0.15) is 36.0 Å². The van der Waals surface area contributed by atoms with E-state index in [0.29, 0.717) is 18.9 Å². The van der Waals surface area contributed by atoms with Crippen LogP contribution in [0.3, 0.4) is 0 Å². The van der Waals surface area contributed by atoms with Crippen LogP contribution in [0, 0.1) is 5.82 Å². The molecule has 0 heterocycles. The summed E-state index contributed by atoms with van der Waals surface area (Å²) in [6.45, 7) is -0.185. The Labute approximate surface area is 121 Å². The Balaban J connectivity index is 2.17. The number of carboxylic acid groups (broad SMARTS) is 1. The van der Waals surface area contributed by atoms with Gasteiger partial charge in [0.15, 0.2) is 0 Å². The van der Waals surface area contributed by atoms with Gasteiger partial charge in [-0.1, -0.05) is 12.8 Å². The van der Waals surface area contributed by atoms with Gasteiger partial charge in [-0.05, 0) is 31.0 Å². The van der Waals surface area contributed by atoms with Gasteiger partial charge in [0.1, 0.15) is 10.7 Å². The number of carboxylic acids is 1. The van der Waals surface area contributed by atoms with E-state index in [0.717, 1.165) is 25.0 Å². The Morgan fingerprint density at radius 3 is 2.48 bits per heavy atom. The van der Waals surface area contributed by atoms with Crippen LogP contribution in [0.4, 0.5) is 4.39 Å². The van der Waals surface area contributed by atoms with Crippen molar-refractivity contribution in [2.24, 2.45) is 0 Å². The maximum Gasteiger partial charge on any atom is 0.335 e. The molecule has 1 saturated carbocycles. The molecule has 1 aromatic carbocycles. The molecule has 0 spiro atoms. The van der Waals surface area contributed by atoms with E-state index >= 15 is 0 Å². The summed E-state index contributed by atoms with van der Waals surface area (Å²) in [5, 5.41) is 18.8. The number of hydrogen-bond acceptors (Lipinski definition) is 4. The van der Waals surface area contributed by atoms with Gasteiger partial charge in [0, 0.05) is 6.54 Å². The van der Waals surface area contributed by atoms with Crippen molar-refractivity contribution >= 4 is 16.0 Å². The SMILES string of the molecule is O=C(O)c1ccc(S(=O)(=O)NCC2(O)CCCC2)c(F)c1. The first-order valence-corrected chi connectivity index (χ1v) is 7.97. The van der Waals surface area contributed by atoms with E-state index in [2.05, 4.69) is 4.72 Å². The van der Waals surface area contributed by atoms with Crippen molar-refractivity contribution in [1.29, 1.82) is 0 Å². The Kier molecular flexibility index (Phi) is 4.31. The highest BCUT2D eigenvalue weighted by Crippen LogP contribution is 2.29. The highest BCUT2D eigenvalue weighted by molar-refractivity contribution is 7.89. The second-order valence-corrected chi connectivity index (χ2v) is 6.94. The second kappa shape index (κ2) is 5.70. The van der Waals surface area contributed by atoms with Crippen molar-refractivity contribution in [3.8, 4) is 0 Å². The number of benzene rings is 1. The molecule has 1 aliphatic carbocycles. The number of hydrogen-bond donors (Lipinski definition) is 3. The largest absolute Gasteiger partial charge is 0.478 e. The number of halogens is 1. The van der Waals surface area contributed by atoms with Crippen LogP contribution in [0.25, 0.3) is 0 Å². The van der Waals surface area contributed by atoms with Gasteiger partial charge < -0.3 is 10.2 Å². The third-order valence-electron chi connectivity index (χ3n) is 3.59. The predicted octanol–water partition coefficient (Wildman–Crippen LogP) is 1.11. The minimum atomic E-state index is -4.14. The van der Waals surface area contributed by atoms with Crippen LogP contribution in [0.5, 0.6) is 0 Å². The molecule has 0 aliphatic heterocycles. The second-order valence-electron chi connectivity index (χ2n) is 5.21. The van der Waals surface area contributed by atoms with Crippen LogP contribution in [-0.2, 0) is 10.0 Å². The molecule has 0 bridgehead atoms. The molecule has 0 aromatic heterocycles. The molecule has 0 atom stereocenters. The van der Waals surface area contributed by atoms with Gasteiger partial charge in [-0.25, -0.2) is 22.3 Å². The molecule has 0 saturated heterocycles. The lowest BCUT2D eigenvalue weighted by Gasteiger charge is -2.22. The number of aliphatic hydroxyl groups is 1. The highest BCUT2D eigenvalue weighted by Gasteiger charge is 2.33. The lowest BCUT2D eigenvalue weighted by molar-refractivity contribution is 0.0531. The molecule has 1 aromatic rings. The molecular formula is C13H16FNO5S. The van der Waals surface area contributed by atoms with E-state index in [9.17, 15) is 22.7 Å². The van der Waals surface area contributed by atoms with Gasteiger partial charge in [0.05, 0.1) is 11.2 Å². The van der Waals surface area contributed by atoms with Crippen LogP contribution in [-0.4, -0.2) is 36.7 Å². The van der Waals surface area contributed by atoms with Crippen molar-refractivity contribution < 1.29 is 27.8 Å². The zero-order chi connectivity index (χ0) is 15.7. The molecule has 1 fully saturated rings. The van der Waals surface area contributed by atoms with Gasteiger partial charge in [-0.2, -0.15) is 0 Å². The third kappa shape index (κ3) is 3.58. The topological polar surface area (TPSA) is 104 Å². The van der Waals surface area contributed by atoms with E-state index in [1.165, 1.54) is 0 Å². The van der Waals surface area contributed by atoms with Gasteiger partial charge in [0.25, 0.3) is 0 Å². The monoisotopic (exact) mass is 317 g/mol. The van der Waals surface area contributed by atoms with Crippen molar-refractivity contribution in [1.82, 2.24) is 4.72 Å². The predicted molar refractivity (Wildman–Crippen MR) is 72.0 cm³/mol. The van der Waals surface area contributed by atoms with Crippen LogP contribution in [0.15, 0.2) is 23.1 Å². The maximum atomic E-state index is 13.8. The average Bonchev–Trinajstić information content (AvgIpc) is 2.84. The van der Waals surface area contributed by atoms with E-state index in [-0.39, 0.29) is 12.1 Å². The summed E-state index contributed by atoms with van der Waals surface area (Å²) in [5.74, 6) is -2.48. The van der Waals surface area contributed by atoms with Crippen molar-refractivity contribution in [3.05, 3.63) is 29.6 Å². The number of carbonyl (C=O) groups is 1. The molecule has 1 aliphatic rings. The molecular weight excluding hydrogens is 301 g/mol. The Morgan fingerprint density at radius 2 is 1.95 bits per heavy atom. The van der Waals surface area contributed by atoms with E-state index in [1.54, 1.807) is 0 Å². The van der Waals surface area contributed by atoms with Crippen molar-refractivity contribution in [2.75, 3.05) is 6.54 Å². The molecule has 3 N–H and O–H groups in total.